The van der Waals surface area contributed by atoms with Crippen LogP contribution < -0.4 is 29.2 Å². The molecule has 2 aromatic heterocycles. The third-order valence-electron chi connectivity index (χ3n) is 12.8. The zero-order valence-electron chi connectivity index (χ0n) is 40.7. The molecule has 18 heteroatoms. The SMILES string of the molecule is COc1ccc(CCN(CCC(F)(F)c2ccccc2Cn2c(NCCc3cccc(OC)c3OC)nc3cc(C(=O)O)ccc32)c2nc3cc(C(C)=O)ccc3n2Cc2ccccc2C(F)(F)F)cc1OC. The number of Topliss-reactive ketones (excluding diaryl/α,β-unsaturated/α-hetero) is 1. The number of benzene rings is 6. The number of fused-ring (bicyclic) bond motifs is 2. The van der Waals surface area contributed by atoms with Crippen LogP contribution in [0.2, 0.25) is 0 Å². The second-order valence-electron chi connectivity index (χ2n) is 17.3. The molecule has 380 valence electrons. The minimum Gasteiger partial charge on any atom is -0.493 e. The Morgan fingerprint density at radius 3 is 1.92 bits per heavy atom. The van der Waals surface area contributed by atoms with Gasteiger partial charge in [0.25, 0.3) is 5.92 Å². The number of alkyl halides is 5. The molecule has 2 N–H and O–H groups in total. The number of nitrogens with one attached hydrogen (secondary N) is 1. The van der Waals surface area contributed by atoms with Crippen LogP contribution in [0.1, 0.15) is 67.4 Å². The molecule has 0 saturated carbocycles. The van der Waals surface area contributed by atoms with Gasteiger partial charge in [0.15, 0.2) is 28.8 Å². The summed E-state index contributed by atoms with van der Waals surface area (Å²) in [6, 6.07) is 31.3. The molecule has 0 aliphatic heterocycles. The number of halogens is 5. The van der Waals surface area contributed by atoms with Crippen molar-refractivity contribution >= 4 is 45.7 Å². The predicted molar refractivity (Wildman–Crippen MR) is 268 cm³/mol. The minimum atomic E-state index is -4.69. The fraction of sp³-hybridized carbons (Fsp3) is 0.273. The number of imidazole rings is 2. The fourth-order valence-corrected chi connectivity index (χ4v) is 9.06. The van der Waals surface area contributed by atoms with E-state index in [0.717, 1.165) is 17.2 Å². The van der Waals surface area contributed by atoms with Crippen molar-refractivity contribution in [3.63, 3.8) is 0 Å². The van der Waals surface area contributed by atoms with Crippen LogP contribution in [0.4, 0.5) is 33.8 Å². The van der Waals surface area contributed by atoms with Gasteiger partial charge in [-0.15, -0.1) is 0 Å². The molecule has 6 aromatic carbocycles. The monoisotopic (exact) mass is 1000 g/mol. The van der Waals surface area contributed by atoms with E-state index >= 15 is 8.78 Å². The number of carboxylic acid groups (broad SMARTS) is 1. The van der Waals surface area contributed by atoms with Crippen molar-refractivity contribution in [2.45, 2.75) is 51.4 Å². The summed E-state index contributed by atoms with van der Waals surface area (Å²) in [5, 5.41) is 13.1. The van der Waals surface area contributed by atoms with E-state index in [1.807, 2.05) is 18.2 Å². The first-order chi connectivity index (χ1) is 35.0. The number of methoxy groups -OCH3 is 4. The number of ketones is 1. The van der Waals surface area contributed by atoms with E-state index in [1.54, 1.807) is 82.9 Å². The highest BCUT2D eigenvalue weighted by Crippen LogP contribution is 2.39. The lowest BCUT2D eigenvalue weighted by atomic mass is 9.98. The Balaban J connectivity index is 1.16. The Bertz CT molecular complexity index is 3300. The first-order valence-electron chi connectivity index (χ1n) is 23.3. The lowest BCUT2D eigenvalue weighted by Crippen LogP contribution is -2.33. The van der Waals surface area contributed by atoms with Crippen molar-refractivity contribution in [2.75, 3.05) is 58.3 Å². The van der Waals surface area contributed by atoms with Gasteiger partial charge >= 0.3 is 12.1 Å². The Hall–Kier alpha value is -8.15. The maximum Gasteiger partial charge on any atom is 0.416 e. The van der Waals surface area contributed by atoms with E-state index in [0.29, 0.717) is 69.5 Å². The highest BCUT2D eigenvalue weighted by molar-refractivity contribution is 5.97. The zero-order chi connectivity index (χ0) is 52.0. The molecule has 0 radical (unpaired) electrons. The van der Waals surface area contributed by atoms with E-state index in [2.05, 4.69) is 5.32 Å². The molecule has 2 heterocycles. The molecule has 0 spiro atoms. The van der Waals surface area contributed by atoms with Gasteiger partial charge in [-0.05, 0) is 103 Å². The number of para-hydroxylation sites is 1. The van der Waals surface area contributed by atoms with E-state index in [1.165, 1.54) is 63.6 Å². The lowest BCUT2D eigenvalue weighted by Gasteiger charge is -2.28. The zero-order valence-corrected chi connectivity index (χ0v) is 40.7. The number of hydrogen-bond acceptors (Lipinski definition) is 10. The van der Waals surface area contributed by atoms with Gasteiger partial charge in [0.2, 0.25) is 11.9 Å². The summed E-state index contributed by atoms with van der Waals surface area (Å²) in [5.41, 5.74) is 2.55. The van der Waals surface area contributed by atoms with Crippen molar-refractivity contribution in [1.29, 1.82) is 0 Å². The normalized spacial score (nSPS) is 11.8. The minimum absolute atomic E-state index is 0.00446. The Morgan fingerprint density at radius 1 is 0.630 bits per heavy atom. The van der Waals surface area contributed by atoms with Gasteiger partial charge in [-0.25, -0.2) is 23.5 Å². The molecule has 0 fully saturated rings. The van der Waals surface area contributed by atoms with Crippen LogP contribution in [0.3, 0.4) is 0 Å². The number of nitrogens with zero attached hydrogens (tertiary/aromatic N) is 5. The van der Waals surface area contributed by atoms with Crippen LogP contribution in [0.5, 0.6) is 23.0 Å². The average Bonchev–Trinajstić information content (AvgIpc) is 3.91. The molecule has 73 heavy (non-hydrogen) atoms. The van der Waals surface area contributed by atoms with Gasteiger partial charge < -0.3 is 43.4 Å². The molecule has 0 atom stereocenters. The van der Waals surface area contributed by atoms with Gasteiger partial charge in [-0.2, -0.15) is 13.2 Å². The standard InChI is InChI=1S/C55H53F5N6O7/c1-34(67)37-18-20-46-44(30-37)63-53(66(46)33-40-12-7-9-15-42(40)55(58,59)60)64(27-24-35-17-22-47(70-2)49(29-35)72-4)28-25-54(56,57)41-14-8-6-11-39(41)32-65-45-21-19-38(51(68)69)31-43(45)62-52(65)61-26-23-36-13-10-16-48(71-3)50(36)73-5/h6-22,29-31H,23-28,32-33H2,1-5H3,(H,61,62)(H,68,69). The van der Waals surface area contributed by atoms with Gasteiger partial charge in [-0.3, -0.25) is 4.79 Å². The number of ether oxygens (including phenoxy) is 4. The smallest absolute Gasteiger partial charge is 0.416 e. The Labute approximate surface area is 417 Å². The third-order valence-corrected chi connectivity index (χ3v) is 12.8. The number of hydrogen-bond donors (Lipinski definition) is 2. The maximum absolute atomic E-state index is 17.3. The molecule has 0 saturated heterocycles. The summed E-state index contributed by atoms with van der Waals surface area (Å²) in [7, 11) is 6.09. The van der Waals surface area contributed by atoms with Crippen LogP contribution >= 0.6 is 0 Å². The Kier molecular flexibility index (Phi) is 15.2. The van der Waals surface area contributed by atoms with Crippen LogP contribution in [-0.2, 0) is 38.0 Å². The van der Waals surface area contributed by atoms with Crippen molar-refractivity contribution in [3.8, 4) is 23.0 Å². The summed E-state index contributed by atoms with van der Waals surface area (Å²) in [6.07, 6.45) is -4.70. The number of carbonyl (C=O) groups excluding carboxylic acids is 1. The van der Waals surface area contributed by atoms with Gasteiger partial charge in [0.1, 0.15) is 0 Å². The van der Waals surface area contributed by atoms with Crippen molar-refractivity contribution in [1.82, 2.24) is 19.1 Å². The summed E-state index contributed by atoms with van der Waals surface area (Å²) >= 11 is 0. The van der Waals surface area contributed by atoms with Crippen LogP contribution in [0, 0.1) is 0 Å². The van der Waals surface area contributed by atoms with Crippen molar-refractivity contribution in [2.24, 2.45) is 0 Å². The maximum atomic E-state index is 17.3. The number of aromatic nitrogens is 4. The topological polar surface area (TPSA) is 142 Å². The molecule has 0 unspecified atom stereocenters. The highest BCUT2D eigenvalue weighted by atomic mass is 19.4. The van der Waals surface area contributed by atoms with Gasteiger partial charge in [0.05, 0.1) is 74.7 Å². The van der Waals surface area contributed by atoms with E-state index in [4.69, 9.17) is 28.9 Å². The quantitative estimate of drug-likeness (QED) is 0.0495. The molecule has 8 rings (SSSR count). The summed E-state index contributed by atoms with van der Waals surface area (Å²) in [5.74, 6) is -2.40. The molecule has 0 amide bonds. The first-order valence-corrected chi connectivity index (χ1v) is 23.3. The van der Waals surface area contributed by atoms with Gasteiger partial charge in [-0.1, -0.05) is 60.7 Å². The van der Waals surface area contributed by atoms with Gasteiger partial charge in [0, 0.05) is 37.2 Å². The Morgan fingerprint density at radius 2 is 1.25 bits per heavy atom. The van der Waals surface area contributed by atoms with Crippen LogP contribution in [0.15, 0.2) is 121 Å². The van der Waals surface area contributed by atoms with Crippen molar-refractivity contribution in [3.05, 3.63) is 166 Å². The number of rotatable bonds is 22. The summed E-state index contributed by atoms with van der Waals surface area (Å²) < 4.78 is 103. The van der Waals surface area contributed by atoms with Crippen LogP contribution in [0.25, 0.3) is 22.1 Å². The van der Waals surface area contributed by atoms with E-state index < -0.39 is 30.1 Å². The number of aromatic carboxylic acids is 1. The predicted octanol–water partition coefficient (Wildman–Crippen LogP) is 11.3. The molecule has 0 aliphatic rings. The largest absolute Gasteiger partial charge is 0.493 e. The number of carboxylic acids is 1. The number of carbonyl (C=O) groups is 2. The molecule has 0 bridgehead atoms. The van der Waals surface area contributed by atoms with Crippen LogP contribution in [-0.4, -0.2) is 84.0 Å². The lowest BCUT2D eigenvalue weighted by molar-refractivity contribution is -0.138. The molecular weight excluding hydrogens is 952 g/mol. The average molecular weight is 1010 g/mol. The molecule has 8 aromatic rings. The molecular formula is C55H53F5N6O7. The second kappa shape index (κ2) is 21.7. The highest BCUT2D eigenvalue weighted by Gasteiger charge is 2.36. The fourth-order valence-electron chi connectivity index (χ4n) is 9.06. The summed E-state index contributed by atoms with van der Waals surface area (Å²) in [6.45, 7) is 1.09. The van der Waals surface area contributed by atoms with E-state index in [9.17, 15) is 27.9 Å². The van der Waals surface area contributed by atoms with E-state index in [-0.39, 0.29) is 66.6 Å². The third kappa shape index (κ3) is 11.2. The summed E-state index contributed by atoms with van der Waals surface area (Å²) in [4.78, 5) is 35.8. The molecule has 13 nitrogen and oxygen atoms in total. The first kappa shape index (κ1) is 51.2. The van der Waals surface area contributed by atoms with Crippen molar-refractivity contribution < 1.29 is 55.6 Å². The number of anilines is 2. The molecule has 0 aliphatic carbocycles. The second-order valence-corrected chi connectivity index (χ2v) is 17.3.